The van der Waals surface area contributed by atoms with Crippen molar-refractivity contribution >= 4 is 22.4 Å². The van der Waals surface area contributed by atoms with Crippen molar-refractivity contribution in [2.45, 2.75) is 6.42 Å². The third-order valence-corrected chi connectivity index (χ3v) is 3.68. The number of rotatable bonds is 4. The summed E-state index contributed by atoms with van der Waals surface area (Å²) in [6.45, 7) is 0. The molecule has 4 heteroatoms. The van der Waals surface area contributed by atoms with E-state index in [4.69, 9.17) is 4.74 Å². The lowest BCUT2D eigenvalue weighted by Crippen LogP contribution is -2.15. The zero-order valence-electron chi connectivity index (χ0n) is 12.7. The third kappa shape index (κ3) is 3.26. The van der Waals surface area contributed by atoms with E-state index >= 15 is 0 Å². The van der Waals surface area contributed by atoms with Crippen LogP contribution >= 0.6 is 0 Å². The number of aromatic hydroxyl groups is 1. The van der Waals surface area contributed by atoms with Gasteiger partial charge in [-0.05, 0) is 29.7 Å². The van der Waals surface area contributed by atoms with Gasteiger partial charge in [-0.15, -0.1) is 0 Å². The molecule has 0 aliphatic carbocycles. The van der Waals surface area contributed by atoms with Gasteiger partial charge in [-0.1, -0.05) is 36.4 Å². The maximum absolute atomic E-state index is 12.3. The maximum Gasteiger partial charge on any atom is 0.228 e. The summed E-state index contributed by atoms with van der Waals surface area (Å²) in [7, 11) is 1.59. The first-order valence-electron chi connectivity index (χ1n) is 7.31. The minimum absolute atomic E-state index is 0.134. The van der Waals surface area contributed by atoms with E-state index in [-0.39, 0.29) is 18.1 Å². The average Bonchev–Trinajstić information content (AvgIpc) is 2.56. The van der Waals surface area contributed by atoms with Crippen LogP contribution in [0.5, 0.6) is 11.5 Å². The molecule has 4 nitrogen and oxygen atoms in total. The number of carbonyl (C=O) groups excluding carboxylic acids is 1. The zero-order valence-corrected chi connectivity index (χ0v) is 12.7. The highest BCUT2D eigenvalue weighted by atomic mass is 16.5. The number of amides is 1. The fourth-order valence-corrected chi connectivity index (χ4v) is 2.59. The van der Waals surface area contributed by atoms with E-state index in [0.29, 0.717) is 11.4 Å². The number of methoxy groups -OCH3 is 1. The number of nitrogens with one attached hydrogen (secondary N) is 1. The predicted octanol–water partition coefficient (Wildman–Crippen LogP) is 3.74. The highest BCUT2D eigenvalue weighted by molar-refractivity contribution is 6.03. The molecule has 116 valence electrons. The molecule has 2 N–H and O–H groups in total. The number of anilines is 1. The standard InChI is InChI=1S/C19H17NO3/c1-23-18-8-3-2-5-14(18)11-19(22)20-17-7-4-6-13-9-10-15(21)12-16(13)17/h2-10,12,21H,11H2,1H3,(H,20,22). The molecule has 3 rings (SSSR count). The average molecular weight is 307 g/mol. The van der Waals surface area contributed by atoms with Gasteiger partial charge in [0, 0.05) is 16.6 Å². The van der Waals surface area contributed by atoms with E-state index in [1.54, 1.807) is 19.2 Å². The first kappa shape index (κ1) is 14.9. The van der Waals surface area contributed by atoms with E-state index < -0.39 is 0 Å². The Kier molecular flexibility index (Phi) is 4.15. The number of ether oxygens (including phenoxy) is 1. The summed E-state index contributed by atoms with van der Waals surface area (Å²) >= 11 is 0. The van der Waals surface area contributed by atoms with Gasteiger partial charge in [0.05, 0.1) is 13.5 Å². The first-order chi connectivity index (χ1) is 11.2. The van der Waals surface area contributed by atoms with Crippen LogP contribution in [0.3, 0.4) is 0 Å². The van der Waals surface area contributed by atoms with Gasteiger partial charge in [0.2, 0.25) is 5.91 Å². The Balaban J connectivity index is 1.84. The second kappa shape index (κ2) is 6.40. The Morgan fingerprint density at radius 2 is 1.91 bits per heavy atom. The lowest BCUT2D eigenvalue weighted by atomic mass is 10.1. The van der Waals surface area contributed by atoms with E-state index in [1.165, 1.54) is 0 Å². The molecule has 0 fully saturated rings. The van der Waals surface area contributed by atoms with Gasteiger partial charge in [-0.25, -0.2) is 0 Å². The minimum atomic E-state index is -0.134. The van der Waals surface area contributed by atoms with Crippen molar-refractivity contribution in [2.75, 3.05) is 12.4 Å². The van der Waals surface area contributed by atoms with Crippen molar-refractivity contribution in [3.8, 4) is 11.5 Å². The molecule has 0 aliphatic rings. The molecule has 23 heavy (non-hydrogen) atoms. The summed E-state index contributed by atoms with van der Waals surface area (Å²) in [6, 6.07) is 18.2. The van der Waals surface area contributed by atoms with Gasteiger partial charge < -0.3 is 15.2 Å². The largest absolute Gasteiger partial charge is 0.508 e. The third-order valence-electron chi connectivity index (χ3n) is 3.68. The SMILES string of the molecule is COc1ccccc1CC(=O)Nc1cccc2ccc(O)cc12. The summed E-state index contributed by atoms with van der Waals surface area (Å²) in [6.07, 6.45) is 0.221. The number of carbonyl (C=O) groups is 1. The first-order valence-corrected chi connectivity index (χ1v) is 7.31. The molecule has 3 aromatic carbocycles. The van der Waals surface area contributed by atoms with E-state index in [9.17, 15) is 9.90 Å². The van der Waals surface area contributed by atoms with Crippen molar-refractivity contribution in [3.63, 3.8) is 0 Å². The summed E-state index contributed by atoms with van der Waals surface area (Å²) in [5.74, 6) is 0.729. The monoisotopic (exact) mass is 307 g/mol. The Bertz CT molecular complexity index is 858. The molecule has 0 atom stereocenters. The Morgan fingerprint density at radius 1 is 1.09 bits per heavy atom. The molecular formula is C19H17NO3. The van der Waals surface area contributed by atoms with Gasteiger partial charge in [-0.3, -0.25) is 4.79 Å². The van der Waals surface area contributed by atoms with Crippen molar-refractivity contribution in [1.82, 2.24) is 0 Å². The molecule has 0 aliphatic heterocycles. The predicted molar refractivity (Wildman–Crippen MR) is 90.9 cm³/mol. The highest BCUT2D eigenvalue weighted by Crippen LogP contribution is 2.27. The zero-order chi connectivity index (χ0) is 16.2. The van der Waals surface area contributed by atoms with Crippen LogP contribution in [-0.2, 0) is 11.2 Å². The topological polar surface area (TPSA) is 58.6 Å². The Morgan fingerprint density at radius 3 is 2.74 bits per heavy atom. The van der Waals surface area contributed by atoms with E-state index in [0.717, 1.165) is 16.3 Å². The molecule has 0 bridgehead atoms. The van der Waals surface area contributed by atoms with Crippen LogP contribution in [0.25, 0.3) is 10.8 Å². The summed E-state index contributed by atoms with van der Waals surface area (Å²) in [5, 5.41) is 14.3. The van der Waals surface area contributed by atoms with E-state index in [2.05, 4.69) is 5.32 Å². The molecule has 0 spiro atoms. The highest BCUT2D eigenvalue weighted by Gasteiger charge is 2.10. The van der Waals surface area contributed by atoms with Gasteiger partial charge in [0.25, 0.3) is 0 Å². The van der Waals surface area contributed by atoms with Crippen LogP contribution in [-0.4, -0.2) is 18.1 Å². The number of hydrogen-bond donors (Lipinski definition) is 2. The molecule has 0 unspecified atom stereocenters. The van der Waals surface area contributed by atoms with Crippen LogP contribution in [0.2, 0.25) is 0 Å². The molecule has 0 saturated carbocycles. The fraction of sp³-hybridized carbons (Fsp3) is 0.105. The van der Waals surface area contributed by atoms with Crippen LogP contribution in [0.4, 0.5) is 5.69 Å². The maximum atomic E-state index is 12.3. The molecule has 0 aromatic heterocycles. The molecule has 0 saturated heterocycles. The van der Waals surface area contributed by atoms with Crippen LogP contribution < -0.4 is 10.1 Å². The van der Waals surface area contributed by atoms with Crippen molar-refractivity contribution in [3.05, 3.63) is 66.2 Å². The smallest absolute Gasteiger partial charge is 0.228 e. The molecule has 1 amide bonds. The quantitative estimate of drug-likeness (QED) is 0.772. The number of benzene rings is 3. The minimum Gasteiger partial charge on any atom is -0.508 e. The number of hydrogen-bond acceptors (Lipinski definition) is 3. The summed E-state index contributed by atoms with van der Waals surface area (Å²) in [4.78, 5) is 12.3. The van der Waals surface area contributed by atoms with Crippen LogP contribution in [0.1, 0.15) is 5.56 Å². The number of phenols is 1. The second-order valence-corrected chi connectivity index (χ2v) is 5.25. The lowest BCUT2D eigenvalue weighted by molar-refractivity contribution is -0.115. The van der Waals surface area contributed by atoms with Crippen LogP contribution in [0.15, 0.2) is 60.7 Å². The van der Waals surface area contributed by atoms with Gasteiger partial charge in [0.1, 0.15) is 11.5 Å². The van der Waals surface area contributed by atoms with Crippen LogP contribution in [0, 0.1) is 0 Å². The lowest BCUT2D eigenvalue weighted by Gasteiger charge is -2.11. The van der Waals surface area contributed by atoms with Crippen molar-refractivity contribution in [2.24, 2.45) is 0 Å². The molecule has 0 heterocycles. The van der Waals surface area contributed by atoms with Gasteiger partial charge in [-0.2, -0.15) is 0 Å². The van der Waals surface area contributed by atoms with Crippen molar-refractivity contribution < 1.29 is 14.6 Å². The Hall–Kier alpha value is -3.01. The van der Waals surface area contributed by atoms with Crippen molar-refractivity contribution in [1.29, 1.82) is 0 Å². The molecule has 3 aromatic rings. The van der Waals surface area contributed by atoms with Gasteiger partial charge in [0.15, 0.2) is 0 Å². The Labute approximate surface area is 134 Å². The van der Waals surface area contributed by atoms with Gasteiger partial charge >= 0.3 is 0 Å². The second-order valence-electron chi connectivity index (χ2n) is 5.25. The molecule has 0 radical (unpaired) electrons. The number of para-hydroxylation sites is 1. The fourth-order valence-electron chi connectivity index (χ4n) is 2.59. The van der Waals surface area contributed by atoms with E-state index in [1.807, 2.05) is 48.5 Å². The number of fused-ring (bicyclic) bond motifs is 1. The summed E-state index contributed by atoms with van der Waals surface area (Å²) in [5.41, 5.74) is 1.51. The summed E-state index contributed by atoms with van der Waals surface area (Å²) < 4.78 is 5.27. The molecular weight excluding hydrogens is 290 g/mol. The number of phenolic OH excluding ortho intramolecular Hbond substituents is 1. The normalized spacial score (nSPS) is 10.5.